The van der Waals surface area contributed by atoms with Crippen LogP contribution in [0.5, 0.6) is 0 Å². The summed E-state index contributed by atoms with van der Waals surface area (Å²) in [5.41, 5.74) is 2.93. The van der Waals surface area contributed by atoms with E-state index in [1.54, 1.807) is 17.4 Å². The first-order valence-corrected chi connectivity index (χ1v) is 6.85. The highest BCUT2D eigenvalue weighted by Gasteiger charge is 2.00. The van der Waals surface area contributed by atoms with Gasteiger partial charge in [0.15, 0.2) is 5.78 Å². The quantitative estimate of drug-likeness (QED) is 0.592. The van der Waals surface area contributed by atoms with E-state index in [9.17, 15) is 4.79 Å². The topological polar surface area (TPSA) is 17.1 Å². The van der Waals surface area contributed by atoms with E-state index in [4.69, 9.17) is 0 Å². The van der Waals surface area contributed by atoms with Gasteiger partial charge in [-0.1, -0.05) is 35.9 Å². The molecule has 0 saturated heterocycles. The largest absolute Gasteiger partial charge is 0.289 e. The monoisotopic (exact) mass is 306 g/mol. The second-order valence-corrected chi connectivity index (χ2v) is 6.04. The molecule has 0 aliphatic heterocycles. The van der Waals surface area contributed by atoms with Crippen molar-refractivity contribution >= 4 is 39.1 Å². The standard InChI is InChI=1S/C14H11BrOS/c1-10-2-5-12(6-3-10)13(16)7-4-11-8-14(15)17-9-11/h2-9H,1H3/b7-4+. The van der Waals surface area contributed by atoms with Crippen molar-refractivity contribution in [1.29, 1.82) is 0 Å². The van der Waals surface area contributed by atoms with Gasteiger partial charge >= 0.3 is 0 Å². The van der Waals surface area contributed by atoms with Crippen molar-refractivity contribution in [2.75, 3.05) is 0 Å². The smallest absolute Gasteiger partial charge is 0.185 e. The average molecular weight is 307 g/mol. The van der Waals surface area contributed by atoms with Crippen LogP contribution in [0.4, 0.5) is 0 Å². The van der Waals surface area contributed by atoms with Crippen molar-refractivity contribution < 1.29 is 4.79 Å². The number of allylic oxidation sites excluding steroid dienone is 1. The third kappa shape index (κ3) is 3.38. The second kappa shape index (κ2) is 5.43. The molecule has 0 atom stereocenters. The maximum atomic E-state index is 11.8. The van der Waals surface area contributed by atoms with Crippen molar-refractivity contribution in [3.8, 4) is 0 Å². The highest BCUT2D eigenvalue weighted by Crippen LogP contribution is 2.21. The Hall–Kier alpha value is -1.19. The van der Waals surface area contributed by atoms with E-state index in [0.717, 1.165) is 20.5 Å². The molecule has 1 heterocycles. The predicted octanol–water partition coefficient (Wildman–Crippen LogP) is 4.72. The zero-order valence-corrected chi connectivity index (χ0v) is 11.7. The van der Waals surface area contributed by atoms with Gasteiger partial charge in [0.2, 0.25) is 0 Å². The van der Waals surface area contributed by atoms with Crippen molar-refractivity contribution in [2.45, 2.75) is 6.92 Å². The summed E-state index contributed by atoms with van der Waals surface area (Å²) in [4.78, 5) is 11.8. The average Bonchev–Trinajstić information content (AvgIpc) is 2.73. The molecule has 1 aromatic heterocycles. The number of carbonyl (C=O) groups is 1. The summed E-state index contributed by atoms with van der Waals surface area (Å²) in [7, 11) is 0. The van der Waals surface area contributed by atoms with Crippen LogP contribution in [0.3, 0.4) is 0 Å². The van der Waals surface area contributed by atoms with Crippen LogP contribution in [0.1, 0.15) is 21.5 Å². The Labute approximate surface area is 113 Å². The first kappa shape index (κ1) is 12.3. The Kier molecular flexibility index (Phi) is 3.92. The van der Waals surface area contributed by atoms with Gasteiger partial charge in [0.1, 0.15) is 0 Å². The van der Waals surface area contributed by atoms with Crippen LogP contribution in [0.2, 0.25) is 0 Å². The van der Waals surface area contributed by atoms with E-state index in [-0.39, 0.29) is 5.78 Å². The summed E-state index contributed by atoms with van der Waals surface area (Å²) in [6.07, 6.45) is 3.45. The first-order valence-electron chi connectivity index (χ1n) is 5.18. The maximum Gasteiger partial charge on any atom is 0.185 e. The Morgan fingerprint density at radius 2 is 2.00 bits per heavy atom. The van der Waals surface area contributed by atoms with E-state index in [1.807, 2.05) is 48.7 Å². The number of rotatable bonds is 3. The normalized spacial score (nSPS) is 10.9. The lowest BCUT2D eigenvalue weighted by Crippen LogP contribution is -1.93. The Morgan fingerprint density at radius 3 is 2.59 bits per heavy atom. The number of aryl methyl sites for hydroxylation is 1. The van der Waals surface area contributed by atoms with E-state index in [1.165, 1.54) is 0 Å². The first-order chi connectivity index (χ1) is 8.15. The molecule has 17 heavy (non-hydrogen) atoms. The Bertz CT molecular complexity index is 552. The number of halogens is 1. The summed E-state index contributed by atoms with van der Waals surface area (Å²) < 4.78 is 1.07. The predicted molar refractivity (Wildman–Crippen MR) is 76.6 cm³/mol. The molecule has 1 nitrogen and oxygen atoms in total. The van der Waals surface area contributed by atoms with Crippen LogP contribution in [-0.2, 0) is 0 Å². The molecule has 2 aromatic rings. The third-order valence-electron chi connectivity index (χ3n) is 2.35. The minimum Gasteiger partial charge on any atom is -0.289 e. The molecule has 86 valence electrons. The summed E-state index contributed by atoms with van der Waals surface area (Å²) in [6, 6.07) is 9.59. The Balaban J connectivity index is 2.11. The van der Waals surface area contributed by atoms with Gasteiger partial charge in [-0.2, -0.15) is 0 Å². The molecule has 0 fully saturated rings. The minimum absolute atomic E-state index is 0.0346. The molecule has 0 radical (unpaired) electrons. The molecule has 0 unspecified atom stereocenters. The molecule has 0 amide bonds. The molecule has 0 saturated carbocycles. The van der Waals surface area contributed by atoms with E-state index >= 15 is 0 Å². The highest BCUT2D eigenvalue weighted by atomic mass is 79.9. The molecule has 0 spiro atoms. The molecule has 1 aromatic carbocycles. The van der Waals surface area contributed by atoms with Gasteiger partial charge in [0.25, 0.3) is 0 Å². The van der Waals surface area contributed by atoms with Crippen molar-refractivity contribution in [3.05, 3.63) is 62.3 Å². The fraction of sp³-hybridized carbons (Fsp3) is 0.0714. The van der Waals surface area contributed by atoms with Gasteiger partial charge in [-0.3, -0.25) is 4.79 Å². The van der Waals surface area contributed by atoms with E-state index in [0.29, 0.717) is 0 Å². The van der Waals surface area contributed by atoms with Crippen LogP contribution in [0.25, 0.3) is 6.08 Å². The molecule has 3 heteroatoms. The van der Waals surface area contributed by atoms with Crippen molar-refractivity contribution in [2.24, 2.45) is 0 Å². The number of hydrogen-bond acceptors (Lipinski definition) is 2. The molecular formula is C14H11BrOS. The van der Waals surface area contributed by atoms with E-state index in [2.05, 4.69) is 15.9 Å². The number of ketones is 1. The zero-order chi connectivity index (χ0) is 12.3. The molecular weight excluding hydrogens is 296 g/mol. The van der Waals surface area contributed by atoms with E-state index < -0.39 is 0 Å². The maximum absolute atomic E-state index is 11.8. The summed E-state index contributed by atoms with van der Waals surface area (Å²) in [5.74, 6) is 0.0346. The lowest BCUT2D eigenvalue weighted by atomic mass is 10.1. The molecule has 0 aliphatic carbocycles. The summed E-state index contributed by atoms with van der Waals surface area (Å²) in [5, 5.41) is 2.00. The van der Waals surface area contributed by atoms with Crippen LogP contribution in [0, 0.1) is 6.92 Å². The molecule has 2 rings (SSSR count). The van der Waals surface area contributed by atoms with Crippen LogP contribution in [0.15, 0.2) is 45.6 Å². The van der Waals surface area contributed by atoms with Gasteiger partial charge in [-0.05, 0) is 45.9 Å². The van der Waals surface area contributed by atoms with Gasteiger partial charge in [-0.25, -0.2) is 0 Å². The Morgan fingerprint density at radius 1 is 1.29 bits per heavy atom. The second-order valence-electron chi connectivity index (χ2n) is 3.75. The lowest BCUT2D eigenvalue weighted by molar-refractivity contribution is 0.104. The fourth-order valence-corrected chi connectivity index (χ4v) is 2.54. The number of carbonyl (C=O) groups excluding carboxylic acids is 1. The molecule has 0 bridgehead atoms. The van der Waals surface area contributed by atoms with Crippen LogP contribution < -0.4 is 0 Å². The summed E-state index contributed by atoms with van der Waals surface area (Å²) >= 11 is 5.00. The van der Waals surface area contributed by atoms with Gasteiger partial charge in [0.05, 0.1) is 3.79 Å². The van der Waals surface area contributed by atoms with Crippen molar-refractivity contribution in [3.63, 3.8) is 0 Å². The van der Waals surface area contributed by atoms with Gasteiger partial charge in [-0.15, -0.1) is 11.3 Å². The fourth-order valence-electron chi connectivity index (χ4n) is 1.40. The third-order valence-corrected chi connectivity index (χ3v) is 3.87. The zero-order valence-electron chi connectivity index (χ0n) is 9.31. The highest BCUT2D eigenvalue weighted by molar-refractivity contribution is 9.11. The van der Waals surface area contributed by atoms with Crippen molar-refractivity contribution in [1.82, 2.24) is 0 Å². The minimum atomic E-state index is 0.0346. The number of benzene rings is 1. The molecule has 0 aliphatic rings. The van der Waals surface area contributed by atoms with Crippen LogP contribution in [-0.4, -0.2) is 5.78 Å². The van der Waals surface area contributed by atoms with Gasteiger partial charge in [0, 0.05) is 5.56 Å². The van der Waals surface area contributed by atoms with Gasteiger partial charge < -0.3 is 0 Å². The molecule has 0 N–H and O–H groups in total. The number of thiophene rings is 1. The number of hydrogen-bond donors (Lipinski definition) is 0. The van der Waals surface area contributed by atoms with Crippen LogP contribution >= 0.6 is 27.3 Å². The SMILES string of the molecule is Cc1ccc(C(=O)/C=C/c2csc(Br)c2)cc1. The summed E-state index contributed by atoms with van der Waals surface area (Å²) in [6.45, 7) is 2.01. The lowest BCUT2D eigenvalue weighted by Gasteiger charge is -1.96.